The third-order valence-electron chi connectivity index (χ3n) is 10.8. The van der Waals surface area contributed by atoms with Crippen molar-refractivity contribution < 1.29 is 17.6 Å². The van der Waals surface area contributed by atoms with Crippen molar-refractivity contribution in [3.8, 4) is 0 Å². The molecule has 46 heavy (non-hydrogen) atoms. The van der Waals surface area contributed by atoms with Gasteiger partial charge in [0.15, 0.2) is 0 Å². The molecule has 2 aromatic rings. The highest BCUT2D eigenvalue weighted by molar-refractivity contribution is 9.08. The summed E-state index contributed by atoms with van der Waals surface area (Å²) < 4.78 is 42.0. The van der Waals surface area contributed by atoms with Gasteiger partial charge in [-0.2, -0.15) is 0 Å². The molecule has 0 radical (unpaired) electrons. The number of carbonyl (C=O) groups is 1. The molecule has 0 bridgehead atoms. The molecule has 9 nitrogen and oxygen atoms in total. The van der Waals surface area contributed by atoms with Gasteiger partial charge in [-0.05, 0) is 95.7 Å². The summed E-state index contributed by atoms with van der Waals surface area (Å²) >= 11 is 2.94. The Morgan fingerprint density at radius 1 is 0.978 bits per heavy atom. The third-order valence-corrected chi connectivity index (χ3v) is 13.2. The number of alkyl halides is 1. The van der Waals surface area contributed by atoms with E-state index in [1.54, 1.807) is 16.4 Å². The van der Waals surface area contributed by atoms with Crippen LogP contribution < -0.4 is 0 Å². The summed E-state index contributed by atoms with van der Waals surface area (Å²) in [5.74, 6) is 1.87. The van der Waals surface area contributed by atoms with E-state index in [2.05, 4.69) is 49.5 Å². The van der Waals surface area contributed by atoms with Gasteiger partial charge < -0.3 is 4.90 Å². The zero-order valence-electron chi connectivity index (χ0n) is 28.0. The Balaban J connectivity index is 0.00000204. The van der Waals surface area contributed by atoms with E-state index in [1.807, 2.05) is 30.6 Å². The van der Waals surface area contributed by atoms with Crippen LogP contribution in [0.25, 0.3) is 0 Å². The molecular formula is C34H50BrFN6O3S. The second-order valence-electron chi connectivity index (χ2n) is 13.7. The van der Waals surface area contributed by atoms with Crippen LogP contribution in [0, 0.1) is 25.6 Å². The fourth-order valence-corrected chi connectivity index (χ4v) is 9.76. The molecule has 4 aliphatic rings. The summed E-state index contributed by atoms with van der Waals surface area (Å²) in [5, 5.41) is -0.182. The summed E-state index contributed by atoms with van der Waals surface area (Å²) in [6, 6.07) is 7.29. The number of amides is 1. The van der Waals surface area contributed by atoms with Crippen molar-refractivity contribution in [2.45, 2.75) is 89.1 Å². The minimum Gasteiger partial charge on any atom is -0.338 e. The number of nitrogens with zero attached hydrogens (tertiary/aromatic N) is 6. The number of piperazine rings is 1. The van der Waals surface area contributed by atoms with Crippen LogP contribution in [-0.2, 0) is 10.0 Å². The Hall–Kier alpha value is -1.99. The summed E-state index contributed by atoms with van der Waals surface area (Å²) in [5.41, 5.74) is 3.05. The van der Waals surface area contributed by atoms with Crippen LogP contribution in [0.1, 0.15) is 85.7 Å². The van der Waals surface area contributed by atoms with E-state index in [1.165, 1.54) is 12.4 Å². The Kier molecular flexibility index (Phi) is 11.2. The fourth-order valence-electron chi connectivity index (χ4n) is 7.89. The normalized spacial score (nSPS) is 24.2. The van der Waals surface area contributed by atoms with Crippen molar-refractivity contribution in [3.05, 3.63) is 58.9 Å². The van der Waals surface area contributed by atoms with Gasteiger partial charge in [0.2, 0.25) is 10.0 Å². The smallest absolute Gasteiger partial charge is 0.257 e. The largest absolute Gasteiger partial charge is 0.338 e. The maximum atomic E-state index is 14.5. The van der Waals surface area contributed by atoms with Gasteiger partial charge in [0.1, 0.15) is 12.1 Å². The molecule has 1 saturated carbocycles. The SMILES string of the molecule is CBr.Cc1ncnc(C)c1C(=O)N1CCC(C)(N2CCN([C@@H](c3cccc(F)c3)C3CCN(S(=O)(=O)C4CC4)CC3)[C@H](C)C2)CC1. The molecule has 4 heterocycles. The molecule has 3 saturated heterocycles. The van der Waals surface area contributed by atoms with Crippen molar-refractivity contribution in [2.75, 3.05) is 51.6 Å². The summed E-state index contributed by atoms with van der Waals surface area (Å²) in [6.07, 6.45) is 6.45. The zero-order valence-corrected chi connectivity index (χ0v) is 30.4. The van der Waals surface area contributed by atoms with E-state index in [4.69, 9.17) is 0 Å². The number of halogens is 2. The highest BCUT2D eigenvalue weighted by Crippen LogP contribution is 2.41. The highest BCUT2D eigenvalue weighted by Gasteiger charge is 2.45. The van der Waals surface area contributed by atoms with Crippen LogP contribution >= 0.6 is 15.9 Å². The first-order valence-corrected chi connectivity index (χ1v) is 19.8. The van der Waals surface area contributed by atoms with Crippen LogP contribution in [0.4, 0.5) is 4.39 Å². The van der Waals surface area contributed by atoms with Crippen LogP contribution in [0.5, 0.6) is 0 Å². The van der Waals surface area contributed by atoms with Crippen LogP contribution in [0.2, 0.25) is 0 Å². The minimum atomic E-state index is -3.18. The van der Waals surface area contributed by atoms with Gasteiger partial charge in [-0.3, -0.25) is 14.6 Å². The van der Waals surface area contributed by atoms with Gasteiger partial charge in [0, 0.05) is 63.4 Å². The first kappa shape index (κ1) is 35.3. The number of aromatic nitrogens is 2. The van der Waals surface area contributed by atoms with Crippen molar-refractivity contribution in [2.24, 2.45) is 5.92 Å². The lowest BCUT2D eigenvalue weighted by Crippen LogP contribution is -2.63. The maximum absolute atomic E-state index is 14.5. The molecular weight excluding hydrogens is 671 g/mol. The average Bonchev–Trinajstić information content (AvgIpc) is 3.90. The number of hydrogen-bond acceptors (Lipinski definition) is 7. The van der Waals surface area contributed by atoms with Gasteiger partial charge >= 0.3 is 0 Å². The van der Waals surface area contributed by atoms with Crippen molar-refractivity contribution in [1.82, 2.24) is 29.0 Å². The van der Waals surface area contributed by atoms with Gasteiger partial charge in [-0.1, -0.05) is 28.1 Å². The van der Waals surface area contributed by atoms with E-state index in [-0.39, 0.29) is 40.5 Å². The van der Waals surface area contributed by atoms with E-state index in [0.29, 0.717) is 31.7 Å². The summed E-state index contributed by atoms with van der Waals surface area (Å²) in [4.78, 5) is 29.0. The molecule has 1 aromatic carbocycles. The van der Waals surface area contributed by atoms with Crippen molar-refractivity contribution >= 4 is 31.9 Å². The third kappa shape index (κ3) is 7.36. The number of rotatable bonds is 7. The van der Waals surface area contributed by atoms with E-state index >= 15 is 0 Å². The molecule has 6 rings (SSSR count). The van der Waals surface area contributed by atoms with Crippen LogP contribution in [0.15, 0.2) is 30.6 Å². The van der Waals surface area contributed by atoms with E-state index in [9.17, 15) is 17.6 Å². The van der Waals surface area contributed by atoms with Gasteiger partial charge in [-0.25, -0.2) is 27.1 Å². The topological polar surface area (TPSA) is 90.0 Å². The molecule has 1 amide bonds. The average molecular weight is 722 g/mol. The lowest BCUT2D eigenvalue weighted by Gasteiger charge is -2.54. The summed E-state index contributed by atoms with van der Waals surface area (Å²) in [7, 11) is -3.18. The van der Waals surface area contributed by atoms with Crippen molar-refractivity contribution in [1.29, 1.82) is 0 Å². The number of sulfonamides is 1. The van der Waals surface area contributed by atoms with Crippen molar-refractivity contribution in [3.63, 3.8) is 0 Å². The first-order chi connectivity index (χ1) is 22.0. The number of benzene rings is 1. The number of piperidine rings is 2. The number of carbonyl (C=O) groups excluding carboxylic acids is 1. The lowest BCUT2D eigenvalue weighted by molar-refractivity contribution is -0.0422. The second-order valence-corrected chi connectivity index (χ2v) is 15.9. The number of likely N-dealkylation sites (tertiary alicyclic amines) is 1. The van der Waals surface area contributed by atoms with Crippen LogP contribution in [-0.4, -0.2) is 112 Å². The van der Waals surface area contributed by atoms with E-state index < -0.39 is 10.0 Å². The maximum Gasteiger partial charge on any atom is 0.257 e. The zero-order chi connectivity index (χ0) is 33.2. The van der Waals surface area contributed by atoms with Crippen LogP contribution in [0.3, 0.4) is 0 Å². The molecule has 4 fully saturated rings. The second kappa shape index (κ2) is 14.6. The molecule has 1 aromatic heterocycles. The Morgan fingerprint density at radius 2 is 1.61 bits per heavy atom. The molecule has 12 heteroatoms. The first-order valence-electron chi connectivity index (χ1n) is 16.7. The lowest BCUT2D eigenvalue weighted by atomic mass is 9.82. The Bertz CT molecular complexity index is 1450. The van der Waals surface area contributed by atoms with Gasteiger partial charge in [-0.15, -0.1) is 0 Å². The fraction of sp³-hybridized carbons (Fsp3) is 0.676. The molecule has 3 aliphatic heterocycles. The highest BCUT2D eigenvalue weighted by atomic mass is 79.9. The predicted octanol–water partition coefficient (Wildman–Crippen LogP) is 5.19. The minimum absolute atomic E-state index is 0.00866. The Morgan fingerprint density at radius 3 is 2.17 bits per heavy atom. The molecule has 0 N–H and O–H groups in total. The molecule has 0 unspecified atom stereocenters. The van der Waals surface area contributed by atoms with Gasteiger partial charge in [0.25, 0.3) is 5.91 Å². The number of hydrogen-bond donors (Lipinski definition) is 0. The van der Waals surface area contributed by atoms with E-state index in [0.717, 1.165) is 75.1 Å². The monoisotopic (exact) mass is 720 g/mol. The molecule has 254 valence electrons. The molecule has 0 spiro atoms. The standard InChI is InChI=1S/C33H47FN6O3S.CH3Br/c1-23-21-38(33(4)12-16-37(17-13-33)32(41)30-24(2)35-22-36-25(30)3)18-19-40(23)31(27-6-5-7-28(34)20-27)26-10-14-39(15-11-26)44(42,43)29-8-9-29;1-2/h5-7,20,22-23,26,29,31H,8-19,21H2,1-4H3;1H3/t23-,31-;/m1./s1. The predicted molar refractivity (Wildman–Crippen MR) is 183 cm³/mol. The molecule has 2 atom stereocenters. The number of aryl methyl sites for hydroxylation is 2. The quantitative estimate of drug-likeness (QED) is 0.364. The summed E-state index contributed by atoms with van der Waals surface area (Å²) in [6.45, 7) is 13.5. The molecule has 1 aliphatic carbocycles. The van der Waals surface area contributed by atoms with Gasteiger partial charge in [0.05, 0.1) is 22.2 Å². The Labute approximate surface area is 283 Å².